The van der Waals surface area contributed by atoms with Gasteiger partial charge in [0.1, 0.15) is 5.76 Å². The smallest absolute Gasteiger partial charge is 0.361 e. The largest absolute Gasteiger partial charge is 0.418 e. The summed E-state index contributed by atoms with van der Waals surface area (Å²) in [6.07, 6.45) is -4.10. The van der Waals surface area contributed by atoms with Crippen LogP contribution in [0.3, 0.4) is 0 Å². The van der Waals surface area contributed by atoms with Crippen molar-refractivity contribution in [2.24, 2.45) is 0 Å². The van der Waals surface area contributed by atoms with Crippen LogP contribution in [-0.4, -0.2) is 11.1 Å². The second-order valence-corrected chi connectivity index (χ2v) is 4.89. The highest BCUT2D eigenvalue weighted by molar-refractivity contribution is 5.91. The molecule has 0 aliphatic rings. The van der Waals surface area contributed by atoms with E-state index in [1.165, 1.54) is 18.2 Å². The predicted octanol–water partition coefficient (Wildman–Crippen LogP) is 3.88. The fourth-order valence-corrected chi connectivity index (χ4v) is 2.15. The molecule has 0 saturated carbocycles. The number of aromatic nitrogens is 1. The van der Waals surface area contributed by atoms with E-state index in [9.17, 15) is 18.0 Å². The summed E-state index contributed by atoms with van der Waals surface area (Å²) in [5.41, 5.74) is 0.389. The van der Waals surface area contributed by atoms with Crippen LogP contribution in [0.2, 0.25) is 0 Å². The number of carbonyl (C=O) groups excluding carboxylic acids is 1. The first-order chi connectivity index (χ1) is 10.3. The molecule has 0 radical (unpaired) electrons. The van der Waals surface area contributed by atoms with E-state index in [1.54, 1.807) is 13.8 Å². The van der Waals surface area contributed by atoms with E-state index < -0.39 is 17.6 Å². The second kappa shape index (κ2) is 6.21. The SMILES string of the molecule is Cc1noc(C)c1CCC(=O)Nc1ccccc1C(F)(F)F. The minimum absolute atomic E-state index is 0.0507. The number of rotatable bonds is 4. The summed E-state index contributed by atoms with van der Waals surface area (Å²) >= 11 is 0. The molecule has 4 nitrogen and oxygen atoms in total. The van der Waals surface area contributed by atoms with Gasteiger partial charge < -0.3 is 9.84 Å². The van der Waals surface area contributed by atoms with Crippen LogP contribution < -0.4 is 5.32 Å². The van der Waals surface area contributed by atoms with Crippen LogP contribution in [0.4, 0.5) is 18.9 Å². The monoisotopic (exact) mass is 312 g/mol. The summed E-state index contributed by atoms with van der Waals surface area (Å²) in [4.78, 5) is 11.9. The number of amides is 1. The summed E-state index contributed by atoms with van der Waals surface area (Å²) in [5, 5.41) is 6.08. The maximum absolute atomic E-state index is 12.8. The predicted molar refractivity (Wildman–Crippen MR) is 74.4 cm³/mol. The lowest BCUT2D eigenvalue weighted by molar-refractivity contribution is -0.137. The lowest BCUT2D eigenvalue weighted by Gasteiger charge is -2.13. The molecular weight excluding hydrogens is 297 g/mol. The minimum atomic E-state index is -4.51. The number of benzene rings is 1. The normalized spacial score (nSPS) is 11.5. The van der Waals surface area contributed by atoms with E-state index in [1.807, 2.05) is 0 Å². The van der Waals surface area contributed by atoms with E-state index in [2.05, 4.69) is 10.5 Å². The highest BCUT2D eigenvalue weighted by Crippen LogP contribution is 2.34. The molecule has 2 aromatic rings. The zero-order valence-electron chi connectivity index (χ0n) is 12.1. The third kappa shape index (κ3) is 3.66. The van der Waals surface area contributed by atoms with Crippen LogP contribution in [-0.2, 0) is 17.4 Å². The Labute approximate surface area is 125 Å². The molecule has 0 bridgehead atoms. The number of halogens is 3. The molecule has 2 rings (SSSR count). The lowest BCUT2D eigenvalue weighted by atomic mass is 10.1. The van der Waals surface area contributed by atoms with Gasteiger partial charge in [0.25, 0.3) is 0 Å². The molecule has 0 unspecified atom stereocenters. The van der Waals surface area contributed by atoms with Crippen LogP contribution in [0.15, 0.2) is 28.8 Å². The Morgan fingerprint density at radius 1 is 1.27 bits per heavy atom. The van der Waals surface area contributed by atoms with E-state index in [0.717, 1.165) is 11.6 Å². The Morgan fingerprint density at radius 2 is 1.95 bits per heavy atom. The van der Waals surface area contributed by atoms with Gasteiger partial charge in [-0.05, 0) is 32.4 Å². The molecule has 1 aromatic heterocycles. The van der Waals surface area contributed by atoms with Crippen molar-refractivity contribution in [3.05, 3.63) is 46.8 Å². The van der Waals surface area contributed by atoms with Crippen LogP contribution >= 0.6 is 0 Å². The van der Waals surface area contributed by atoms with Gasteiger partial charge in [0.15, 0.2) is 0 Å². The van der Waals surface area contributed by atoms with Crippen molar-refractivity contribution in [3.63, 3.8) is 0 Å². The summed E-state index contributed by atoms with van der Waals surface area (Å²) in [5.74, 6) is 0.123. The number of nitrogens with zero attached hydrogens (tertiary/aromatic N) is 1. The molecule has 1 amide bonds. The molecule has 118 valence electrons. The number of carbonyl (C=O) groups is 1. The zero-order valence-corrected chi connectivity index (χ0v) is 12.1. The molecule has 0 aliphatic carbocycles. The van der Waals surface area contributed by atoms with Gasteiger partial charge in [-0.25, -0.2) is 0 Å². The molecule has 22 heavy (non-hydrogen) atoms. The standard InChI is InChI=1S/C15H15F3N2O2/c1-9-11(10(2)22-20-9)7-8-14(21)19-13-6-4-3-5-12(13)15(16,17)18/h3-6H,7-8H2,1-2H3,(H,19,21). The Bertz CT molecular complexity index is 658. The average Bonchev–Trinajstić information content (AvgIpc) is 2.75. The molecule has 1 heterocycles. The number of anilines is 1. The van der Waals surface area contributed by atoms with E-state index in [4.69, 9.17) is 4.52 Å². The first-order valence-electron chi connectivity index (χ1n) is 6.67. The third-order valence-electron chi connectivity index (χ3n) is 3.29. The molecule has 0 aliphatic heterocycles. The van der Waals surface area contributed by atoms with Crippen LogP contribution in [0.1, 0.15) is 29.0 Å². The van der Waals surface area contributed by atoms with Crippen LogP contribution in [0, 0.1) is 13.8 Å². The van der Waals surface area contributed by atoms with Crippen molar-refractivity contribution < 1.29 is 22.5 Å². The maximum Gasteiger partial charge on any atom is 0.418 e. The zero-order chi connectivity index (χ0) is 16.3. The van der Waals surface area contributed by atoms with Crippen molar-refractivity contribution in [3.8, 4) is 0 Å². The van der Waals surface area contributed by atoms with E-state index in [-0.39, 0.29) is 12.1 Å². The number of hydrogen-bond donors (Lipinski definition) is 1. The van der Waals surface area contributed by atoms with Crippen molar-refractivity contribution in [1.29, 1.82) is 0 Å². The molecule has 0 saturated heterocycles. The van der Waals surface area contributed by atoms with Gasteiger partial charge in [0, 0.05) is 12.0 Å². The molecule has 0 fully saturated rings. The quantitative estimate of drug-likeness (QED) is 0.932. The molecule has 1 aromatic carbocycles. The van der Waals surface area contributed by atoms with Gasteiger partial charge in [0.05, 0.1) is 16.9 Å². The fourth-order valence-electron chi connectivity index (χ4n) is 2.15. The summed E-state index contributed by atoms with van der Waals surface area (Å²) in [6.45, 7) is 3.48. The van der Waals surface area contributed by atoms with Gasteiger partial charge in [-0.2, -0.15) is 13.2 Å². The van der Waals surface area contributed by atoms with Crippen molar-refractivity contribution >= 4 is 11.6 Å². The number of alkyl halides is 3. The van der Waals surface area contributed by atoms with Crippen LogP contribution in [0.5, 0.6) is 0 Å². The Kier molecular flexibility index (Phi) is 4.54. The van der Waals surface area contributed by atoms with E-state index in [0.29, 0.717) is 17.9 Å². The van der Waals surface area contributed by atoms with Gasteiger partial charge in [-0.1, -0.05) is 17.3 Å². The second-order valence-electron chi connectivity index (χ2n) is 4.89. The van der Waals surface area contributed by atoms with Crippen molar-refractivity contribution in [2.75, 3.05) is 5.32 Å². The molecule has 0 atom stereocenters. The topological polar surface area (TPSA) is 55.1 Å². The van der Waals surface area contributed by atoms with Crippen molar-refractivity contribution in [1.82, 2.24) is 5.16 Å². The molecule has 7 heteroatoms. The van der Waals surface area contributed by atoms with Gasteiger partial charge in [0.2, 0.25) is 5.91 Å². The number of hydrogen-bond acceptors (Lipinski definition) is 3. The summed E-state index contributed by atoms with van der Waals surface area (Å²) < 4.78 is 43.5. The Morgan fingerprint density at radius 3 is 2.55 bits per heavy atom. The van der Waals surface area contributed by atoms with Gasteiger partial charge in [-0.15, -0.1) is 0 Å². The summed E-state index contributed by atoms with van der Waals surface area (Å²) in [6, 6.07) is 4.89. The summed E-state index contributed by atoms with van der Waals surface area (Å²) in [7, 11) is 0. The van der Waals surface area contributed by atoms with Gasteiger partial charge >= 0.3 is 6.18 Å². The minimum Gasteiger partial charge on any atom is -0.361 e. The third-order valence-corrected chi connectivity index (χ3v) is 3.29. The fraction of sp³-hybridized carbons (Fsp3) is 0.333. The Balaban J connectivity index is 2.04. The highest BCUT2D eigenvalue weighted by atomic mass is 19.4. The molecular formula is C15H15F3N2O2. The first-order valence-corrected chi connectivity index (χ1v) is 6.67. The maximum atomic E-state index is 12.8. The molecule has 1 N–H and O–H groups in total. The number of para-hydroxylation sites is 1. The lowest BCUT2D eigenvalue weighted by Crippen LogP contribution is -2.17. The Hall–Kier alpha value is -2.31. The first kappa shape index (κ1) is 16.1. The average molecular weight is 312 g/mol. The molecule has 0 spiro atoms. The van der Waals surface area contributed by atoms with Crippen LogP contribution in [0.25, 0.3) is 0 Å². The van der Waals surface area contributed by atoms with E-state index >= 15 is 0 Å². The van der Waals surface area contributed by atoms with Gasteiger partial charge in [-0.3, -0.25) is 4.79 Å². The van der Waals surface area contributed by atoms with Crippen molar-refractivity contribution in [2.45, 2.75) is 32.9 Å². The highest BCUT2D eigenvalue weighted by Gasteiger charge is 2.33. The number of aryl methyl sites for hydroxylation is 2. The number of nitrogens with one attached hydrogen (secondary N) is 1.